The molecule has 3 rings (SSSR count). The third kappa shape index (κ3) is 2.79. The topological polar surface area (TPSA) is 20.2 Å². The van der Waals surface area contributed by atoms with Gasteiger partial charge in [-0.15, -0.1) is 0 Å². The van der Waals surface area contributed by atoms with Gasteiger partial charge in [0.25, 0.3) is 0 Å². The fourth-order valence-corrected chi connectivity index (χ4v) is 4.30. The maximum atomic E-state index is 10.8. The van der Waals surface area contributed by atoms with Gasteiger partial charge in [-0.3, -0.25) is 0 Å². The lowest BCUT2D eigenvalue weighted by Crippen LogP contribution is -2.36. The molecule has 0 aliphatic heterocycles. The Morgan fingerprint density at radius 2 is 1.70 bits per heavy atom. The summed E-state index contributed by atoms with van der Waals surface area (Å²) < 4.78 is 0. The van der Waals surface area contributed by atoms with E-state index in [1.165, 1.54) is 36.8 Å². The lowest BCUT2D eigenvalue weighted by Gasteiger charge is -2.39. The zero-order valence-corrected chi connectivity index (χ0v) is 12.9. The standard InChI is InChI=1S/C19H28O/c1-13-7-8-17(11-14(13)2)19(20)18-10-9-15-5-3-4-6-16(15)12-18/h3-6,13-14,17-20H,7-12H2,1-2H3. The van der Waals surface area contributed by atoms with Crippen molar-refractivity contribution in [2.24, 2.45) is 23.7 Å². The second-order valence-electron chi connectivity index (χ2n) is 7.29. The molecule has 1 nitrogen and oxygen atoms in total. The highest BCUT2D eigenvalue weighted by atomic mass is 16.3. The van der Waals surface area contributed by atoms with E-state index in [-0.39, 0.29) is 6.10 Å². The minimum Gasteiger partial charge on any atom is -0.393 e. The van der Waals surface area contributed by atoms with Crippen LogP contribution in [0.1, 0.15) is 50.7 Å². The molecule has 0 spiro atoms. The first-order valence-corrected chi connectivity index (χ1v) is 8.40. The van der Waals surface area contributed by atoms with Crippen LogP contribution in [0.3, 0.4) is 0 Å². The zero-order chi connectivity index (χ0) is 14.1. The van der Waals surface area contributed by atoms with Crippen molar-refractivity contribution in [1.29, 1.82) is 0 Å². The molecule has 5 unspecified atom stereocenters. The molecule has 1 heteroatoms. The summed E-state index contributed by atoms with van der Waals surface area (Å²) in [7, 11) is 0. The van der Waals surface area contributed by atoms with E-state index in [9.17, 15) is 5.11 Å². The molecule has 1 fully saturated rings. The third-order valence-electron chi connectivity index (χ3n) is 5.99. The molecule has 0 amide bonds. The summed E-state index contributed by atoms with van der Waals surface area (Å²) in [5.41, 5.74) is 2.97. The second-order valence-corrected chi connectivity index (χ2v) is 7.29. The van der Waals surface area contributed by atoms with Crippen molar-refractivity contribution < 1.29 is 5.11 Å². The van der Waals surface area contributed by atoms with Crippen molar-refractivity contribution in [2.45, 2.75) is 58.5 Å². The molecule has 1 aromatic rings. The maximum Gasteiger partial charge on any atom is 0.0599 e. The average molecular weight is 272 g/mol. The molecule has 1 aromatic carbocycles. The first-order valence-electron chi connectivity index (χ1n) is 8.40. The van der Waals surface area contributed by atoms with E-state index in [4.69, 9.17) is 0 Å². The van der Waals surface area contributed by atoms with E-state index in [2.05, 4.69) is 38.1 Å². The Bertz CT molecular complexity index is 453. The van der Waals surface area contributed by atoms with E-state index in [1.807, 2.05) is 0 Å². The van der Waals surface area contributed by atoms with Gasteiger partial charge in [0.2, 0.25) is 0 Å². The van der Waals surface area contributed by atoms with E-state index in [0.717, 1.165) is 24.7 Å². The molecule has 5 atom stereocenters. The fraction of sp³-hybridized carbons (Fsp3) is 0.684. The number of fused-ring (bicyclic) bond motifs is 1. The van der Waals surface area contributed by atoms with Gasteiger partial charge in [0.15, 0.2) is 0 Å². The zero-order valence-electron chi connectivity index (χ0n) is 12.9. The number of aryl methyl sites for hydroxylation is 1. The van der Waals surface area contributed by atoms with Gasteiger partial charge in [-0.05, 0) is 66.9 Å². The first-order chi connectivity index (χ1) is 9.65. The van der Waals surface area contributed by atoms with E-state index >= 15 is 0 Å². The predicted molar refractivity (Wildman–Crippen MR) is 83.6 cm³/mol. The third-order valence-corrected chi connectivity index (χ3v) is 5.99. The molecule has 110 valence electrons. The number of hydrogen-bond acceptors (Lipinski definition) is 1. The van der Waals surface area contributed by atoms with Gasteiger partial charge in [-0.25, -0.2) is 0 Å². The predicted octanol–water partition coefficient (Wildman–Crippen LogP) is 4.22. The van der Waals surface area contributed by atoms with Gasteiger partial charge in [-0.2, -0.15) is 0 Å². The summed E-state index contributed by atoms with van der Waals surface area (Å²) in [6.45, 7) is 4.73. The lowest BCUT2D eigenvalue weighted by molar-refractivity contribution is 0.00957. The summed E-state index contributed by atoms with van der Waals surface area (Å²) in [4.78, 5) is 0. The molecule has 0 radical (unpaired) electrons. The van der Waals surface area contributed by atoms with Crippen molar-refractivity contribution in [1.82, 2.24) is 0 Å². The monoisotopic (exact) mass is 272 g/mol. The van der Waals surface area contributed by atoms with Crippen LogP contribution in [0.4, 0.5) is 0 Å². The normalized spacial score (nSPS) is 35.4. The van der Waals surface area contributed by atoms with Crippen molar-refractivity contribution in [3.05, 3.63) is 35.4 Å². The van der Waals surface area contributed by atoms with Crippen LogP contribution in [0.2, 0.25) is 0 Å². The second kappa shape index (κ2) is 5.89. The minimum absolute atomic E-state index is 0.0849. The molecule has 20 heavy (non-hydrogen) atoms. The molecule has 0 aromatic heterocycles. The van der Waals surface area contributed by atoms with Crippen LogP contribution in [0.5, 0.6) is 0 Å². The van der Waals surface area contributed by atoms with Gasteiger partial charge < -0.3 is 5.11 Å². The Morgan fingerprint density at radius 1 is 0.950 bits per heavy atom. The SMILES string of the molecule is CC1CCC(C(O)C2CCc3ccccc3C2)CC1C. The highest BCUT2D eigenvalue weighted by molar-refractivity contribution is 5.29. The summed E-state index contributed by atoms with van der Waals surface area (Å²) in [6, 6.07) is 8.78. The fourth-order valence-electron chi connectivity index (χ4n) is 4.30. The highest BCUT2D eigenvalue weighted by Gasteiger charge is 2.34. The summed E-state index contributed by atoms with van der Waals surface area (Å²) >= 11 is 0. The van der Waals surface area contributed by atoms with Crippen molar-refractivity contribution in [3.63, 3.8) is 0 Å². The Kier molecular flexibility index (Phi) is 4.16. The Hall–Kier alpha value is -0.820. The Labute approximate surface area is 123 Å². The number of aliphatic hydroxyl groups excluding tert-OH is 1. The number of hydrogen-bond donors (Lipinski definition) is 1. The van der Waals surface area contributed by atoms with Gasteiger partial charge in [0, 0.05) is 0 Å². The number of aliphatic hydroxyl groups is 1. The molecule has 0 heterocycles. The minimum atomic E-state index is -0.0849. The largest absolute Gasteiger partial charge is 0.393 e. The number of benzene rings is 1. The van der Waals surface area contributed by atoms with E-state index in [0.29, 0.717) is 11.8 Å². The molecular weight excluding hydrogens is 244 g/mol. The van der Waals surface area contributed by atoms with Crippen molar-refractivity contribution in [3.8, 4) is 0 Å². The molecule has 1 saturated carbocycles. The van der Waals surface area contributed by atoms with Gasteiger partial charge in [0.05, 0.1) is 6.10 Å². The summed E-state index contributed by atoms with van der Waals surface area (Å²) in [5.74, 6) is 2.64. The lowest BCUT2D eigenvalue weighted by atomic mass is 9.69. The number of rotatable bonds is 2. The average Bonchev–Trinajstić information content (AvgIpc) is 2.49. The maximum absolute atomic E-state index is 10.8. The molecule has 0 saturated heterocycles. The first kappa shape index (κ1) is 14.1. The van der Waals surface area contributed by atoms with Crippen LogP contribution in [0.25, 0.3) is 0 Å². The van der Waals surface area contributed by atoms with E-state index in [1.54, 1.807) is 0 Å². The molecule has 2 aliphatic carbocycles. The quantitative estimate of drug-likeness (QED) is 0.854. The Balaban J connectivity index is 1.65. The van der Waals surface area contributed by atoms with Crippen LogP contribution in [0, 0.1) is 23.7 Å². The van der Waals surface area contributed by atoms with Crippen LogP contribution in [0.15, 0.2) is 24.3 Å². The van der Waals surface area contributed by atoms with Crippen LogP contribution in [-0.4, -0.2) is 11.2 Å². The summed E-state index contributed by atoms with van der Waals surface area (Å²) in [5, 5.41) is 10.8. The van der Waals surface area contributed by atoms with Crippen LogP contribution < -0.4 is 0 Å². The smallest absolute Gasteiger partial charge is 0.0599 e. The van der Waals surface area contributed by atoms with Crippen LogP contribution >= 0.6 is 0 Å². The van der Waals surface area contributed by atoms with Crippen molar-refractivity contribution >= 4 is 0 Å². The van der Waals surface area contributed by atoms with Gasteiger partial charge in [-0.1, -0.05) is 44.5 Å². The molecular formula is C19H28O. The van der Waals surface area contributed by atoms with Gasteiger partial charge >= 0.3 is 0 Å². The Morgan fingerprint density at radius 3 is 2.45 bits per heavy atom. The molecule has 2 aliphatic rings. The summed E-state index contributed by atoms with van der Waals surface area (Å²) in [6.07, 6.45) is 7.06. The highest BCUT2D eigenvalue weighted by Crippen LogP contribution is 2.39. The van der Waals surface area contributed by atoms with Gasteiger partial charge in [0.1, 0.15) is 0 Å². The van der Waals surface area contributed by atoms with E-state index < -0.39 is 0 Å². The van der Waals surface area contributed by atoms with Crippen molar-refractivity contribution in [2.75, 3.05) is 0 Å². The molecule has 0 bridgehead atoms. The molecule has 1 N–H and O–H groups in total. The van der Waals surface area contributed by atoms with Crippen LogP contribution in [-0.2, 0) is 12.8 Å².